The topological polar surface area (TPSA) is 180 Å². The van der Waals surface area contributed by atoms with Crippen LogP contribution in [-0.4, -0.2) is 69.8 Å². The number of aryl methyl sites for hydroxylation is 5. The Labute approximate surface area is 553 Å². The Kier molecular flexibility index (Phi) is 42.2. The fourth-order valence-electron chi connectivity index (χ4n) is 3.33. The Hall–Kier alpha value is -0.900. The second-order valence-corrected chi connectivity index (χ2v) is 29.3. The molecule has 0 saturated carbocycles. The third-order valence-corrected chi connectivity index (χ3v) is 15.5. The molecular weight excluding hydrogens is 1780 g/mol. The highest BCUT2D eigenvalue weighted by atomic mass is 79.9. The summed E-state index contributed by atoms with van der Waals surface area (Å²) in [6, 6.07) is 11.1. The van der Waals surface area contributed by atoms with E-state index < -0.39 is 0 Å². The summed E-state index contributed by atoms with van der Waals surface area (Å²) in [5, 5.41) is 5.63. The molecule has 0 aliphatic heterocycles. The van der Waals surface area contributed by atoms with Crippen molar-refractivity contribution in [2.75, 3.05) is 0 Å². The van der Waals surface area contributed by atoms with Gasteiger partial charge in [-0.25, -0.2) is 64.8 Å². The van der Waals surface area contributed by atoms with Gasteiger partial charge >= 0.3 is 0 Å². The first-order valence-electron chi connectivity index (χ1n) is 19.5. The maximum atomic E-state index is 5.49. The number of nitrogens with zero attached hydrogens (tertiary/aromatic N) is 14. The molecule has 1 aromatic carbocycles. The molecule has 10 aromatic rings. The minimum atomic E-state index is 0.271. The summed E-state index contributed by atoms with van der Waals surface area (Å²) >= 11 is 60.6. The molecule has 32 heteroatoms. The van der Waals surface area contributed by atoms with Crippen LogP contribution in [0.25, 0.3) is 0 Å². The van der Waals surface area contributed by atoms with Gasteiger partial charge in [0.15, 0.2) is 7.83 Å². The average molecular weight is 1820 g/mol. The Morgan fingerprint density at radius 1 is 0.373 bits per heavy atom. The molecule has 10 rings (SSSR count). The largest absolute Gasteiger partial charge is 0.257 e. The van der Waals surface area contributed by atoms with Crippen LogP contribution in [0.3, 0.4) is 0 Å². The maximum Gasteiger partial charge on any atom is 0.222 e. The van der Waals surface area contributed by atoms with E-state index in [4.69, 9.17) is 46.4 Å². The van der Waals surface area contributed by atoms with Crippen molar-refractivity contribution in [1.29, 1.82) is 0 Å². The van der Waals surface area contributed by atoms with Crippen LogP contribution in [-0.2, 0) is 0 Å². The lowest BCUT2D eigenvalue weighted by molar-refractivity contribution is 1.04. The zero-order chi connectivity index (χ0) is 56.1. The van der Waals surface area contributed by atoms with Crippen molar-refractivity contribution in [3.8, 4) is 0 Å². The van der Waals surface area contributed by atoms with Crippen LogP contribution in [0.4, 0.5) is 0 Å². The highest BCUT2D eigenvalue weighted by Gasteiger charge is 1.93. The summed E-state index contributed by atoms with van der Waals surface area (Å²) < 4.78 is 9.88. The van der Waals surface area contributed by atoms with Gasteiger partial charge in [0.2, 0.25) is 5.28 Å². The quantitative estimate of drug-likeness (QED) is 0.103. The second-order valence-electron chi connectivity index (χ2n) is 12.3. The zero-order valence-electron chi connectivity index (χ0n) is 38.7. The molecule has 0 amide bonds. The fourth-order valence-corrected chi connectivity index (χ4v) is 10.7. The van der Waals surface area contributed by atoms with E-state index in [0.29, 0.717) is 15.5 Å². The second kappa shape index (κ2) is 43.8. The Balaban J connectivity index is 0.000000417. The van der Waals surface area contributed by atoms with Crippen LogP contribution < -0.4 is 0 Å². The van der Waals surface area contributed by atoms with Gasteiger partial charge in [-0.05, 0) is 204 Å². The van der Waals surface area contributed by atoms with E-state index in [2.05, 4.69) is 229 Å². The Morgan fingerprint density at radius 3 is 1.05 bits per heavy atom. The van der Waals surface area contributed by atoms with Gasteiger partial charge in [0.05, 0.1) is 60.8 Å². The van der Waals surface area contributed by atoms with Crippen molar-refractivity contribution < 1.29 is 0 Å². The number of hydrogen-bond donors (Lipinski definition) is 0. The Bertz CT molecular complexity index is 2550. The average Bonchev–Trinajstić information content (AvgIpc) is 4.19. The third kappa shape index (κ3) is 42.6. The van der Waals surface area contributed by atoms with Gasteiger partial charge in [0.25, 0.3) is 0 Å². The summed E-state index contributed by atoms with van der Waals surface area (Å²) in [6.07, 6.45) is 19.9. The van der Waals surface area contributed by atoms with Gasteiger partial charge in [-0.15, -0.1) is 45.3 Å². The van der Waals surface area contributed by atoms with Crippen molar-refractivity contribution in [3.63, 3.8) is 0 Å². The molecule has 0 spiro atoms. The van der Waals surface area contributed by atoms with E-state index in [1.54, 1.807) is 113 Å². The first-order valence-corrected chi connectivity index (χ1v) is 32.2. The number of benzene rings is 1. The molecule has 0 unspecified atom stereocenters. The Morgan fingerprint density at radius 2 is 0.827 bits per heavy atom. The molecule has 398 valence electrons. The summed E-state index contributed by atoms with van der Waals surface area (Å²) in [7, 11) is 0. The zero-order valence-corrected chi connectivity index (χ0v) is 60.8. The predicted octanol–water partition coefficient (Wildman–Crippen LogP) is 20.4. The summed E-state index contributed by atoms with van der Waals surface area (Å²) in [4.78, 5) is 53.6. The smallest absolute Gasteiger partial charge is 0.222 e. The van der Waals surface area contributed by atoms with Gasteiger partial charge in [-0.3, -0.25) is 4.98 Å². The minimum absolute atomic E-state index is 0.271. The molecule has 9 aromatic heterocycles. The van der Waals surface area contributed by atoms with Crippen LogP contribution in [0, 0.1) is 34.6 Å². The molecule has 0 saturated heterocycles. The van der Waals surface area contributed by atoms with E-state index in [1.807, 2.05) is 64.3 Å². The monoisotopic (exact) mass is 1800 g/mol. The summed E-state index contributed by atoms with van der Waals surface area (Å²) in [5.41, 5.74) is 1.83. The predicted molar refractivity (Wildman–Crippen MR) is 346 cm³/mol. The van der Waals surface area contributed by atoms with Gasteiger partial charge in [0, 0.05) is 63.3 Å². The van der Waals surface area contributed by atoms with Crippen molar-refractivity contribution in [2.45, 2.75) is 34.6 Å². The van der Waals surface area contributed by atoms with Gasteiger partial charge in [-0.2, -0.15) is 0 Å². The molecule has 9 heterocycles. The molecular formula is C43H34Br10Cl4N14S4. The van der Waals surface area contributed by atoms with E-state index >= 15 is 0 Å². The van der Waals surface area contributed by atoms with Crippen LogP contribution in [0.2, 0.25) is 20.7 Å². The number of halogens is 14. The van der Waals surface area contributed by atoms with Gasteiger partial charge in [-0.1, -0.05) is 66.7 Å². The molecule has 0 atom stereocenters. The van der Waals surface area contributed by atoms with Crippen LogP contribution >= 0.6 is 251 Å². The lowest BCUT2D eigenvalue weighted by Crippen LogP contribution is -1.82. The van der Waals surface area contributed by atoms with E-state index in [0.717, 1.165) is 68.9 Å². The lowest BCUT2D eigenvalue weighted by atomic mass is 10.4. The van der Waals surface area contributed by atoms with Crippen LogP contribution in [0.5, 0.6) is 0 Å². The fraction of sp³-hybridized carbons (Fsp3) is 0.116. The SMILES string of the molecule is Brc1ccc(Br)cc1.Brc1cnc(Br)s1.Brc1nccs1.Cc1cc(Cl)ncn1.Cc1cnc(Br)cn1.Cc1ncc(Br)cn1.Cc1ncc(Br)s1.Cc1ncc(Br)s1.Clc1cc(Cl)ncn1.Clc1ncc(Br)cn1. The first-order chi connectivity index (χ1) is 35.5. The summed E-state index contributed by atoms with van der Waals surface area (Å²) in [5.74, 6) is 0.799. The maximum absolute atomic E-state index is 5.49. The third-order valence-electron chi connectivity index (χ3n) is 6.30. The molecule has 0 radical (unpaired) electrons. The lowest BCUT2D eigenvalue weighted by Gasteiger charge is -1.87. The standard InChI is InChI=1S/C6H4Br2.2C5H5BrN2.C5H5ClN2.C4H2BrClN2.2C4H4BrNS.C4H2Cl2N2.C3HBr2NS.C3H2BrNS/c7-5-1-2-6(8)4-3-5;1-4-7-2-5(6)3-8-4;1-4-2-8-5(6)3-7-4;1-4-2-5(6)8-3-7-4;5-3-1-7-4(6)8-2-3;2*1-3-6-2-4(5)7-3;5-3-1-4(6)8-2-7-3;4-2-1-6-3(5)7-2;4-3-5-1-2-6-3/h1-4H;3*2-3H,1H3;1-2H;2*2H,1H3;1-2H;1H;1-2H. The minimum Gasteiger partial charge on any atom is -0.257 e. The van der Waals surface area contributed by atoms with Crippen molar-refractivity contribution >= 4 is 251 Å². The number of aromatic nitrogens is 14. The van der Waals surface area contributed by atoms with E-state index in [-0.39, 0.29) is 5.28 Å². The molecule has 0 fully saturated rings. The molecule has 75 heavy (non-hydrogen) atoms. The number of hydrogen-bond acceptors (Lipinski definition) is 18. The van der Waals surface area contributed by atoms with E-state index in [9.17, 15) is 0 Å². The molecule has 0 N–H and O–H groups in total. The molecule has 14 nitrogen and oxygen atoms in total. The van der Waals surface area contributed by atoms with Gasteiger partial charge < -0.3 is 0 Å². The van der Waals surface area contributed by atoms with E-state index in [1.165, 1.54) is 18.7 Å². The highest BCUT2D eigenvalue weighted by molar-refractivity contribution is 9.12. The van der Waals surface area contributed by atoms with Crippen LogP contribution in [0.1, 0.15) is 27.2 Å². The van der Waals surface area contributed by atoms with Crippen molar-refractivity contribution in [3.05, 3.63) is 206 Å². The summed E-state index contributed by atoms with van der Waals surface area (Å²) in [6.45, 7) is 9.59. The van der Waals surface area contributed by atoms with Crippen LogP contribution in [0.15, 0.2) is 158 Å². The molecule has 0 aliphatic rings. The molecule has 0 aliphatic carbocycles. The number of rotatable bonds is 0. The first kappa shape index (κ1) is 72.1. The highest BCUT2D eigenvalue weighted by Crippen LogP contribution is 2.23. The normalized spacial score (nSPS) is 9.27. The van der Waals surface area contributed by atoms with Crippen molar-refractivity contribution in [2.24, 2.45) is 0 Å². The van der Waals surface area contributed by atoms with Crippen molar-refractivity contribution in [1.82, 2.24) is 69.8 Å². The van der Waals surface area contributed by atoms with Gasteiger partial charge in [0.1, 0.15) is 38.5 Å². The number of thiazole rings is 4. The molecule has 0 bridgehead atoms.